The van der Waals surface area contributed by atoms with E-state index in [4.69, 9.17) is 5.84 Å². The van der Waals surface area contributed by atoms with Crippen molar-refractivity contribution in [3.8, 4) is 0 Å². The quantitative estimate of drug-likeness (QED) is 0.615. The van der Waals surface area contributed by atoms with Crippen LogP contribution in [0.3, 0.4) is 0 Å². The fourth-order valence-electron chi connectivity index (χ4n) is 1.44. The van der Waals surface area contributed by atoms with Crippen molar-refractivity contribution in [3.63, 3.8) is 0 Å². The van der Waals surface area contributed by atoms with Gasteiger partial charge < -0.3 is 0 Å². The first-order valence-electron chi connectivity index (χ1n) is 5.28. The average molecular weight is 269 g/mol. The van der Waals surface area contributed by atoms with E-state index in [1.54, 1.807) is 11.3 Å². The number of rotatable bonds is 6. The molecule has 2 aromatic heterocycles. The molecule has 0 bridgehead atoms. The molecule has 2 rings (SSSR count). The molecule has 0 fully saturated rings. The molecular weight excluding hydrogens is 254 g/mol. The summed E-state index contributed by atoms with van der Waals surface area (Å²) in [5.41, 5.74) is 2.50. The molecule has 2 aromatic rings. The minimum atomic E-state index is 0.659. The summed E-state index contributed by atoms with van der Waals surface area (Å²) in [4.78, 5) is 3.65. The number of nitrogens with two attached hydrogens (primary N) is 1. The molecule has 0 aliphatic carbocycles. The van der Waals surface area contributed by atoms with Crippen LogP contribution in [0, 0.1) is 0 Å². The van der Waals surface area contributed by atoms with E-state index in [0.717, 1.165) is 24.5 Å². The molecule has 5 nitrogen and oxygen atoms in total. The van der Waals surface area contributed by atoms with Crippen molar-refractivity contribution in [2.75, 3.05) is 19.0 Å². The van der Waals surface area contributed by atoms with Gasteiger partial charge in [-0.1, -0.05) is 17.4 Å². The first kappa shape index (κ1) is 12.4. The number of hydrogen-bond donors (Lipinski definition) is 2. The number of nitrogens with one attached hydrogen (secondary N) is 1. The number of nitrogens with zero attached hydrogens (tertiary/aromatic N) is 3. The zero-order valence-electron chi connectivity index (χ0n) is 9.59. The Balaban J connectivity index is 1.78. The highest BCUT2D eigenvalue weighted by atomic mass is 32.1. The number of thiophene rings is 1. The van der Waals surface area contributed by atoms with Gasteiger partial charge in [-0.05, 0) is 24.9 Å². The van der Waals surface area contributed by atoms with Gasteiger partial charge in [-0.3, -0.25) is 10.3 Å². The van der Waals surface area contributed by atoms with Crippen molar-refractivity contribution < 1.29 is 0 Å². The van der Waals surface area contributed by atoms with Crippen LogP contribution < -0.4 is 11.3 Å². The maximum atomic E-state index is 5.26. The highest BCUT2D eigenvalue weighted by Crippen LogP contribution is 2.15. The van der Waals surface area contributed by atoms with Gasteiger partial charge in [-0.2, -0.15) is 0 Å². The largest absolute Gasteiger partial charge is 0.299 e. The molecule has 0 saturated heterocycles. The molecule has 0 spiro atoms. The predicted octanol–water partition coefficient (Wildman–Crippen LogP) is 1.56. The van der Waals surface area contributed by atoms with Crippen molar-refractivity contribution in [1.82, 2.24) is 15.1 Å². The lowest BCUT2D eigenvalue weighted by Gasteiger charge is -2.13. The molecule has 0 atom stereocenters. The molecule has 2 heterocycles. The first-order chi connectivity index (χ1) is 8.28. The normalized spacial score (nSPS) is 11.0. The van der Waals surface area contributed by atoms with Crippen LogP contribution in [0.15, 0.2) is 17.5 Å². The minimum Gasteiger partial charge on any atom is -0.299 e. The van der Waals surface area contributed by atoms with Crippen LogP contribution in [-0.4, -0.2) is 28.7 Å². The predicted molar refractivity (Wildman–Crippen MR) is 72.1 cm³/mol. The summed E-state index contributed by atoms with van der Waals surface area (Å²) in [6.45, 7) is 1.83. The van der Waals surface area contributed by atoms with Gasteiger partial charge in [0.15, 0.2) is 0 Å². The second-order valence-corrected chi connectivity index (χ2v) is 5.81. The van der Waals surface area contributed by atoms with Gasteiger partial charge in [-0.25, -0.2) is 5.84 Å². The van der Waals surface area contributed by atoms with E-state index in [0.29, 0.717) is 5.13 Å². The van der Waals surface area contributed by atoms with Crippen LogP contribution in [0.2, 0.25) is 0 Å². The summed E-state index contributed by atoms with van der Waals surface area (Å²) in [7, 11) is 2.09. The number of likely N-dealkylation sites (N-methyl/N-ethyl adjacent to an activating group) is 1. The summed E-state index contributed by atoms with van der Waals surface area (Å²) < 4.78 is 0. The van der Waals surface area contributed by atoms with E-state index >= 15 is 0 Å². The molecule has 0 amide bonds. The van der Waals surface area contributed by atoms with Gasteiger partial charge in [0.2, 0.25) is 5.13 Å². The fourth-order valence-corrected chi connectivity index (χ4v) is 2.87. The monoisotopic (exact) mass is 269 g/mol. The summed E-state index contributed by atoms with van der Waals surface area (Å²) in [6.07, 6.45) is 1.08. The van der Waals surface area contributed by atoms with Gasteiger partial charge in [-0.15, -0.1) is 21.5 Å². The number of aromatic nitrogens is 2. The zero-order chi connectivity index (χ0) is 12.1. The molecule has 0 unspecified atom stereocenters. The zero-order valence-corrected chi connectivity index (χ0v) is 11.2. The molecule has 17 heavy (non-hydrogen) atoms. The van der Waals surface area contributed by atoms with Crippen LogP contribution in [-0.2, 0) is 13.0 Å². The summed E-state index contributed by atoms with van der Waals surface area (Å²) >= 11 is 3.29. The number of hydrazine groups is 1. The van der Waals surface area contributed by atoms with E-state index in [9.17, 15) is 0 Å². The highest BCUT2D eigenvalue weighted by molar-refractivity contribution is 7.15. The SMILES string of the molecule is CN(CCc1cccs1)Cc1nnc(NN)s1. The van der Waals surface area contributed by atoms with Gasteiger partial charge in [0.25, 0.3) is 0 Å². The van der Waals surface area contributed by atoms with Crippen molar-refractivity contribution in [3.05, 3.63) is 27.4 Å². The first-order valence-corrected chi connectivity index (χ1v) is 6.97. The van der Waals surface area contributed by atoms with E-state index < -0.39 is 0 Å². The smallest absolute Gasteiger partial charge is 0.219 e. The average Bonchev–Trinajstić information content (AvgIpc) is 2.97. The topological polar surface area (TPSA) is 67.1 Å². The third-order valence-corrected chi connectivity index (χ3v) is 4.09. The van der Waals surface area contributed by atoms with Gasteiger partial charge in [0.05, 0.1) is 6.54 Å². The Morgan fingerprint density at radius 2 is 2.35 bits per heavy atom. The molecule has 3 N–H and O–H groups in total. The Kier molecular flexibility index (Phi) is 4.43. The van der Waals surface area contributed by atoms with E-state index in [-0.39, 0.29) is 0 Å². The molecule has 0 saturated carbocycles. The lowest BCUT2D eigenvalue weighted by Crippen LogP contribution is -2.20. The molecule has 0 aliphatic rings. The summed E-state index contributed by atoms with van der Waals surface area (Å²) in [5, 5.41) is 11.7. The van der Waals surface area contributed by atoms with Gasteiger partial charge >= 0.3 is 0 Å². The van der Waals surface area contributed by atoms with Crippen molar-refractivity contribution in [1.29, 1.82) is 0 Å². The maximum Gasteiger partial charge on any atom is 0.219 e. The Labute approximate surface area is 108 Å². The van der Waals surface area contributed by atoms with E-state index in [1.165, 1.54) is 16.2 Å². The van der Waals surface area contributed by atoms with Crippen LogP contribution in [0.5, 0.6) is 0 Å². The van der Waals surface area contributed by atoms with E-state index in [2.05, 4.69) is 45.1 Å². The standard InChI is InChI=1S/C10H15N5S2/c1-15(5-4-8-3-2-6-16-8)7-9-13-14-10(12-11)17-9/h2-3,6H,4-5,7,11H2,1H3,(H,12,14). The van der Waals surface area contributed by atoms with E-state index in [1.807, 2.05) is 0 Å². The molecule has 0 radical (unpaired) electrons. The Hall–Kier alpha value is -1.02. The third-order valence-electron chi connectivity index (χ3n) is 2.32. The molecule has 7 heteroatoms. The van der Waals surface area contributed by atoms with Crippen LogP contribution in [0.25, 0.3) is 0 Å². The lowest BCUT2D eigenvalue weighted by molar-refractivity contribution is 0.330. The summed E-state index contributed by atoms with van der Waals surface area (Å²) in [5.74, 6) is 5.26. The summed E-state index contributed by atoms with van der Waals surface area (Å²) in [6, 6.07) is 4.25. The molecule has 0 aliphatic heterocycles. The maximum absolute atomic E-state index is 5.26. The molecule has 0 aromatic carbocycles. The Bertz CT molecular complexity index is 439. The van der Waals surface area contributed by atoms with Crippen molar-refractivity contribution in [2.45, 2.75) is 13.0 Å². The van der Waals surface area contributed by atoms with Crippen LogP contribution >= 0.6 is 22.7 Å². The second-order valence-electron chi connectivity index (χ2n) is 3.71. The third kappa shape index (κ3) is 3.74. The Morgan fingerprint density at radius 1 is 1.47 bits per heavy atom. The molecule has 92 valence electrons. The minimum absolute atomic E-state index is 0.659. The van der Waals surface area contributed by atoms with Gasteiger partial charge in [0.1, 0.15) is 5.01 Å². The fraction of sp³-hybridized carbons (Fsp3) is 0.400. The van der Waals surface area contributed by atoms with Gasteiger partial charge in [0, 0.05) is 11.4 Å². The van der Waals surface area contributed by atoms with Crippen LogP contribution in [0.1, 0.15) is 9.88 Å². The lowest BCUT2D eigenvalue weighted by atomic mass is 10.3. The number of anilines is 1. The highest BCUT2D eigenvalue weighted by Gasteiger charge is 2.06. The van der Waals surface area contributed by atoms with Crippen LogP contribution in [0.4, 0.5) is 5.13 Å². The molecular formula is C10H15N5S2. The van der Waals surface area contributed by atoms with Crippen molar-refractivity contribution in [2.24, 2.45) is 5.84 Å². The van der Waals surface area contributed by atoms with Crippen molar-refractivity contribution >= 4 is 27.8 Å². The Morgan fingerprint density at radius 3 is 3.00 bits per heavy atom. The number of hydrogen-bond acceptors (Lipinski definition) is 7. The number of nitrogen functional groups attached to an aromatic ring is 1. The second kappa shape index (κ2) is 6.06.